The number of hydrogen-bond acceptors (Lipinski definition) is 6. The molecule has 0 atom stereocenters. The van der Waals surface area contributed by atoms with E-state index in [1.807, 2.05) is 0 Å². The van der Waals surface area contributed by atoms with Crippen LogP contribution in [0.5, 0.6) is 0 Å². The van der Waals surface area contributed by atoms with Crippen molar-refractivity contribution in [1.82, 2.24) is 20.4 Å². The number of nitrogens with zero attached hydrogens (tertiary/aromatic N) is 3. The summed E-state index contributed by atoms with van der Waals surface area (Å²) < 4.78 is 4.83. The van der Waals surface area contributed by atoms with Gasteiger partial charge in [-0.1, -0.05) is 12.1 Å². The van der Waals surface area contributed by atoms with Crippen LogP contribution in [0.25, 0.3) is 0 Å². The first-order chi connectivity index (χ1) is 9.69. The first-order valence-electron chi connectivity index (χ1n) is 6.46. The number of hydrogen-bond donors (Lipinski definition) is 2. The molecule has 2 aromatic heterocycles. The summed E-state index contributed by atoms with van der Waals surface area (Å²) in [6.07, 6.45) is 2.60. The van der Waals surface area contributed by atoms with Gasteiger partial charge in [0, 0.05) is 25.2 Å². The Kier molecular flexibility index (Phi) is 4.65. The Morgan fingerprint density at radius 2 is 2.30 bits per heavy atom. The largest absolute Gasteiger partial charge is 0.370 e. The van der Waals surface area contributed by atoms with E-state index in [9.17, 15) is 4.79 Å². The fraction of sp³-hybridized carbons (Fsp3) is 0.385. The van der Waals surface area contributed by atoms with Crippen LogP contribution in [0.15, 0.2) is 22.9 Å². The zero-order chi connectivity index (χ0) is 14.4. The van der Waals surface area contributed by atoms with E-state index >= 15 is 0 Å². The van der Waals surface area contributed by atoms with Gasteiger partial charge in [-0.25, -0.2) is 4.98 Å². The van der Waals surface area contributed by atoms with Crippen molar-refractivity contribution < 1.29 is 9.32 Å². The second-order valence-corrected chi connectivity index (χ2v) is 4.27. The second kappa shape index (κ2) is 6.65. The highest BCUT2D eigenvalue weighted by Gasteiger charge is 2.08. The lowest BCUT2D eigenvalue weighted by molar-refractivity contribution is 0.0949. The minimum absolute atomic E-state index is 0.200. The maximum absolute atomic E-state index is 12.0. The van der Waals surface area contributed by atoms with Crippen LogP contribution >= 0.6 is 0 Å². The van der Waals surface area contributed by atoms with Crippen molar-refractivity contribution in [2.24, 2.45) is 0 Å². The van der Waals surface area contributed by atoms with Gasteiger partial charge in [0.15, 0.2) is 5.82 Å². The van der Waals surface area contributed by atoms with Crippen molar-refractivity contribution in [2.45, 2.75) is 26.8 Å². The fourth-order valence-electron chi connectivity index (χ4n) is 1.60. The molecule has 2 aromatic rings. The van der Waals surface area contributed by atoms with Crippen LogP contribution in [0.2, 0.25) is 0 Å². The molecule has 0 fully saturated rings. The topological polar surface area (TPSA) is 92.9 Å². The van der Waals surface area contributed by atoms with Gasteiger partial charge < -0.3 is 15.2 Å². The summed E-state index contributed by atoms with van der Waals surface area (Å²) in [6.45, 7) is 4.82. The fourth-order valence-corrected chi connectivity index (χ4v) is 1.60. The number of anilines is 1. The van der Waals surface area contributed by atoms with E-state index in [4.69, 9.17) is 4.52 Å². The van der Waals surface area contributed by atoms with E-state index < -0.39 is 0 Å². The van der Waals surface area contributed by atoms with Gasteiger partial charge in [-0.05, 0) is 18.6 Å². The third-order valence-corrected chi connectivity index (χ3v) is 2.55. The smallest absolute Gasteiger partial charge is 0.251 e. The monoisotopic (exact) mass is 275 g/mol. The van der Waals surface area contributed by atoms with E-state index in [2.05, 4.69) is 32.7 Å². The van der Waals surface area contributed by atoms with E-state index in [0.29, 0.717) is 23.1 Å². The molecule has 20 heavy (non-hydrogen) atoms. The highest BCUT2D eigenvalue weighted by Crippen LogP contribution is 2.07. The van der Waals surface area contributed by atoms with Crippen LogP contribution in [0.1, 0.15) is 35.4 Å². The normalized spacial score (nSPS) is 10.3. The van der Waals surface area contributed by atoms with E-state index in [1.165, 1.54) is 0 Å². The number of amides is 1. The Balaban J connectivity index is 1.94. The molecule has 0 aliphatic rings. The Morgan fingerprint density at radius 3 is 3.00 bits per heavy atom. The SMILES string of the molecule is CCCNc1cc(C(=O)NCc2noc(C)n2)ccn1. The number of aryl methyl sites for hydroxylation is 1. The van der Waals surface area contributed by atoms with Gasteiger partial charge in [0.05, 0.1) is 6.54 Å². The average molecular weight is 275 g/mol. The molecule has 0 aromatic carbocycles. The van der Waals surface area contributed by atoms with Crippen LogP contribution in [0, 0.1) is 6.92 Å². The molecule has 0 saturated carbocycles. The number of carbonyl (C=O) groups is 1. The minimum atomic E-state index is -0.200. The molecule has 0 radical (unpaired) electrons. The van der Waals surface area contributed by atoms with Crippen molar-refractivity contribution >= 4 is 11.7 Å². The van der Waals surface area contributed by atoms with Crippen LogP contribution < -0.4 is 10.6 Å². The van der Waals surface area contributed by atoms with Crippen molar-refractivity contribution in [3.05, 3.63) is 35.6 Å². The van der Waals surface area contributed by atoms with Gasteiger partial charge in [-0.2, -0.15) is 4.98 Å². The van der Waals surface area contributed by atoms with Crippen molar-refractivity contribution in [2.75, 3.05) is 11.9 Å². The summed E-state index contributed by atoms with van der Waals surface area (Å²) in [7, 11) is 0. The second-order valence-electron chi connectivity index (χ2n) is 4.27. The molecule has 0 spiro atoms. The molecule has 7 nitrogen and oxygen atoms in total. The molecule has 0 bridgehead atoms. The third-order valence-electron chi connectivity index (χ3n) is 2.55. The number of carbonyl (C=O) groups excluding carboxylic acids is 1. The van der Waals surface area contributed by atoms with Crippen molar-refractivity contribution in [3.63, 3.8) is 0 Å². The molecule has 2 heterocycles. The molecule has 0 saturated heterocycles. The minimum Gasteiger partial charge on any atom is -0.370 e. The molecular weight excluding hydrogens is 258 g/mol. The number of nitrogens with one attached hydrogen (secondary N) is 2. The van der Waals surface area contributed by atoms with Gasteiger partial charge in [-0.3, -0.25) is 4.79 Å². The Bertz CT molecular complexity index is 582. The van der Waals surface area contributed by atoms with Gasteiger partial charge in [-0.15, -0.1) is 0 Å². The summed E-state index contributed by atoms with van der Waals surface area (Å²) in [4.78, 5) is 20.2. The van der Waals surface area contributed by atoms with Crippen molar-refractivity contribution in [3.8, 4) is 0 Å². The molecule has 0 aliphatic heterocycles. The van der Waals surface area contributed by atoms with Gasteiger partial charge in [0.25, 0.3) is 5.91 Å². The first-order valence-corrected chi connectivity index (χ1v) is 6.46. The molecule has 0 aliphatic carbocycles. The highest BCUT2D eigenvalue weighted by atomic mass is 16.5. The number of aromatic nitrogens is 3. The molecule has 0 unspecified atom stereocenters. The molecule has 7 heteroatoms. The predicted octanol–water partition coefficient (Wildman–Crippen LogP) is 1.52. The Labute approximate surface area is 116 Å². The summed E-state index contributed by atoms with van der Waals surface area (Å²) >= 11 is 0. The van der Waals surface area contributed by atoms with Gasteiger partial charge in [0.2, 0.25) is 5.89 Å². The van der Waals surface area contributed by atoms with Crippen LogP contribution in [-0.2, 0) is 6.54 Å². The zero-order valence-corrected chi connectivity index (χ0v) is 11.5. The van der Waals surface area contributed by atoms with Crippen LogP contribution in [0.4, 0.5) is 5.82 Å². The third kappa shape index (κ3) is 3.78. The lowest BCUT2D eigenvalue weighted by Crippen LogP contribution is -2.23. The predicted molar refractivity (Wildman–Crippen MR) is 73.2 cm³/mol. The molecule has 106 valence electrons. The molecule has 2 N–H and O–H groups in total. The van der Waals surface area contributed by atoms with E-state index in [1.54, 1.807) is 25.3 Å². The van der Waals surface area contributed by atoms with E-state index in [0.717, 1.165) is 13.0 Å². The van der Waals surface area contributed by atoms with Crippen molar-refractivity contribution in [1.29, 1.82) is 0 Å². The summed E-state index contributed by atoms with van der Waals surface area (Å²) in [5.74, 6) is 1.42. The highest BCUT2D eigenvalue weighted by molar-refractivity contribution is 5.94. The summed E-state index contributed by atoms with van der Waals surface area (Å²) in [6, 6.07) is 3.38. The zero-order valence-electron chi connectivity index (χ0n) is 11.5. The van der Waals surface area contributed by atoms with Crippen LogP contribution in [0.3, 0.4) is 0 Å². The quantitative estimate of drug-likeness (QED) is 0.830. The molecule has 2 rings (SSSR count). The van der Waals surface area contributed by atoms with Gasteiger partial charge in [0.1, 0.15) is 5.82 Å². The maximum Gasteiger partial charge on any atom is 0.251 e. The Hall–Kier alpha value is -2.44. The maximum atomic E-state index is 12.0. The van der Waals surface area contributed by atoms with Gasteiger partial charge >= 0.3 is 0 Å². The number of rotatable bonds is 6. The molecule has 1 amide bonds. The number of pyridine rings is 1. The average Bonchev–Trinajstić information content (AvgIpc) is 2.88. The summed E-state index contributed by atoms with van der Waals surface area (Å²) in [5, 5.41) is 9.58. The van der Waals surface area contributed by atoms with Crippen LogP contribution in [-0.4, -0.2) is 27.6 Å². The molecular formula is C13H17N5O2. The Morgan fingerprint density at radius 1 is 1.45 bits per heavy atom. The first kappa shape index (κ1) is 14.0. The summed E-state index contributed by atoms with van der Waals surface area (Å²) in [5.41, 5.74) is 0.541. The lowest BCUT2D eigenvalue weighted by Gasteiger charge is -2.06. The van der Waals surface area contributed by atoms with E-state index in [-0.39, 0.29) is 12.5 Å². The lowest BCUT2D eigenvalue weighted by atomic mass is 10.2. The standard InChI is InChI=1S/C13H17N5O2/c1-3-5-14-11-7-10(4-6-15-11)13(19)16-8-12-17-9(2)20-18-12/h4,6-7H,3,5,8H2,1-2H3,(H,14,15)(H,16,19).